The molecule has 0 spiro atoms. The van der Waals surface area contributed by atoms with E-state index in [1.54, 1.807) is 167 Å². The number of carbonyl (C=O) groups excluding carboxylic acids is 5. The largest absolute Gasteiger partial charge is 0.502 e. The number of aromatic nitrogens is 12. The first-order valence-corrected chi connectivity index (χ1v) is 45.1. The molecule has 3 aliphatic heterocycles. The number of aromatic carboxylic acids is 1. The van der Waals surface area contributed by atoms with Crippen molar-refractivity contribution < 1.29 is 53.2 Å². The minimum absolute atomic E-state index is 0.0516. The van der Waals surface area contributed by atoms with Crippen LogP contribution in [0.15, 0.2) is 215 Å². The van der Waals surface area contributed by atoms with Crippen LogP contribution >= 0.6 is 178 Å². The summed E-state index contributed by atoms with van der Waals surface area (Å²) in [4.78, 5) is 91.1. The van der Waals surface area contributed by atoms with E-state index in [-0.39, 0.29) is 41.6 Å². The van der Waals surface area contributed by atoms with Crippen LogP contribution in [0.25, 0.3) is 42.8 Å². The molecule has 7 N–H and O–H groups in total. The number of aliphatic hydroxyl groups excluding tert-OH is 1. The molecular weight excluding hydrogens is 1970 g/mol. The van der Waals surface area contributed by atoms with Gasteiger partial charge in [-0.15, -0.1) is 78.2 Å². The van der Waals surface area contributed by atoms with Crippen molar-refractivity contribution in [3.8, 4) is 42.8 Å². The van der Waals surface area contributed by atoms with Crippen molar-refractivity contribution in [3.05, 3.63) is 284 Å². The number of amides is 2. The lowest BCUT2D eigenvalue weighted by molar-refractivity contribution is -0.0396. The molecule has 4 aromatic carbocycles. The first-order chi connectivity index (χ1) is 57.1. The van der Waals surface area contributed by atoms with E-state index in [1.165, 1.54) is 82.2 Å². The van der Waals surface area contributed by atoms with E-state index in [9.17, 15) is 28.8 Å². The van der Waals surface area contributed by atoms with Crippen LogP contribution < -0.4 is 11.1 Å². The van der Waals surface area contributed by atoms with Gasteiger partial charge in [-0.2, -0.15) is 10.2 Å². The number of nitrogens with zero attached hydrogens (tertiary/aromatic N) is 10. The number of aromatic amines is 2. The first kappa shape index (κ1) is 93.4. The highest BCUT2D eigenvalue weighted by Crippen LogP contribution is 2.38. The number of nitrogens with two attached hydrogens (primary N) is 1. The number of carboxylic acids is 1. The van der Waals surface area contributed by atoms with Crippen molar-refractivity contribution in [3.63, 3.8) is 0 Å². The summed E-state index contributed by atoms with van der Waals surface area (Å²) in [5.74, 6) is 0.967. The standard InChI is InChI=1S/C18H15BrClN3O2S.C18H16ClN3O2S.C13H8ClN3OS.C8H8ClNO.C6H4BrN3S.C5H4BrNOS.C5H3BrO2S.C5H8O.CH4O/c19-14-9-13(16(24)11-4-6-12(20)7-5-11)17(26-14)18-21-10-23(22-18)15-3-1-2-8-25-15;19-13-6-4-12(5-7-13)16(23)14-8-10-25-17(14)18-20-11-22(21-18)15-3-1-2-9-24-15;14-9-3-1-8(2-4-9)11(18)10-5-6-19-12(10)13-15-7-16-17-13;1-10-8(11)6-2-4-7(9)5-3-6;7-4-1-2-11-5(4)6-8-3-9-10-6;2*6-3-1-2-9-4(3)5(7)8;1-2-4-6-5-3-1;1-2/h4-7,9-10,15H,1-3,8H2;4-8,10-11,15H,1-3,9H2;1-7H,(H,15,16,17);2-5H,1H3,(H,10,11);1-3H,(H,8,9,10);1-2H,(H2,7,8);1-2H,(H,7,8);2,4H,1,3,5H2;2H,1H3. The molecule has 118 heavy (non-hydrogen) atoms. The van der Waals surface area contributed by atoms with Gasteiger partial charge in [0.1, 0.15) is 35.1 Å². The zero-order chi connectivity index (χ0) is 84.5. The number of halogens is 8. The molecule has 17 rings (SSSR count). The van der Waals surface area contributed by atoms with Gasteiger partial charge in [-0.05, 0) is 282 Å². The monoisotopic (exact) mass is 2040 g/mol. The van der Waals surface area contributed by atoms with E-state index < -0.39 is 5.97 Å². The third kappa shape index (κ3) is 27.8. The molecule has 14 aromatic rings. The van der Waals surface area contributed by atoms with Crippen LogP contribution in [-0.4, -0.2) is 139 Å². The summed E-state index contributed by atoms with van der Waals surface area (Å²) in [5, 5.41) is 51.9. The predicted molar refractivity (Wildman–Crippen MR) is 481 cm³/mol. The summed E-state index contributed by atoms with van der Waals surface area (Å²) >= 11 is 45.0. The van der Waals surface area contributed by atoms with Crippen molar-refractivity contribution in [1.82, 2.24) is 65.2 Å². The van der Waals surface area contributed by atoms with E-state index >= 15 is 0 Å². The summed E-state index contributed by atoms with van der Waals surface area (Å²) in [6, 6.07) is 38.3. The van der Waals surface area contributed by atoms with Crippen LogP contribution in [0, 0.1) is 0 Å². The highest BCUT2D eigenvalue weighted by atomic mass is 79.9. The van der Waals surface area contributed by atoms with E-state index in [2.05, 4.69) is 120 Å². The second-order valence-electron chi connectivity index (χ2n) is 24.0. The van der Waals surface area contributed by atoms with Crippen LogP contribution in [0.1, 0.15) is 141 Å². The maximum Gasteiger partial charge on any atom is 0.347 e. The average Bonchev–Trinajstić information content (AvgIpc) is 1.67. The van der Waals surface area contributed by atoms with Gasteiger partial charge in [-0.3, -0.25) is 34.2 Å². The number of primary amides is 1. The fourth-order valence-electron chi connectivity index (χ4n) is 10.4. The van der Waals surface area contributed by atoms with Crippen LogP contribution in [0.4, 0.5) is 0 Å². The summed E-state index contributed by atoms with van der Waals surface area (Å²) in [7, 11) is 2.59. The summed E-state index contributed by atoms with van der Waals surface area (Å²) in [6.07, 6.45) is 18.6. The summed E-state index contributed by atoms with van der Waals surface area (Å²) in [6.45, 7) is 2.40. The van der Waals surface area contributed by atoms with E-state index in [1.807, 2.05) is 45.8 Å². The van der Waals surface area contributed by atoms with Crippen LogP contribution in [0.3, 0.4) is 0 Å². The van der Waals surface area contributed by atoms with Crippen LogP contribution in [0.5, 0.6) is 0 Å². The molecule has 2 amide bonds. The predicted octanol–water partition coefficient (Wildman–Crippen LogP) is 22.1. The number of carboxylic acid groups (broad SMARTS) is 1. The lowest BCUT2D eigenvalue weighted by Gasteiger charge is -2.21. The summed E-state index contributed by atoms with van der Waals surface area (Å²) in [5.41, 5.74) is 9.20. The van der Waals surface area contributed by atoms with Crippen molar-refractivity contribution in [2.45, 2.75) is 63.8 Å². The smallest absolute Gasteiger partial charge is 0.347 e. The van der Waals surface area contributed by atoms with Crippen molar-refractivity contribution in [1.29, 1.82) is 0 Å². The van der Waals surface area contributed by atoms with Gasteiger partial charge in [-0.1, -0.05) is 46.4 Å². The number of hydrogen-bond acceptors (Lipinski definition) is 24. The highest BCUT2D eigenvalue weighted by molar-refractivity contribution is 9.11. The minimum Gasteiger partial charge on any atom is -0.502 e. The maximum absolute atomic E-state index is 12.9. The molecule has 3 aliphatic rings. The fraction of sp³-hybridized carbons (Fsp3) is 0.190. The number of ether oxygens (including phenoxy) is 3. The van der Waals surface area contributed by atoms with Gasteiger partial charge in [0.15, 0.2) is 53.1 Å². The molecule has 25 nitrogen and oxygen atoms in total. The Balaban J connectivity index is 0.000000160. The minimum atomic E-state index is -0.878. The van der Waals surface area contributed by atoms with E-state index in [0.717, 1.165) is 104 Å². The van der Waals surface area contributed by atoms with Gasteiger partial charge in [0.25, 0.3) is 11.8 Å². The van der Waals surface area contributed by atoms with Gasteiger partial charge in [0, 0.05) is 99.8 Å². The Labute approximate surface area is 754 Å². The third-order valence-corrected chi connectivity index (χ3v) is 26.1. The number of thiophene rings is 6. The average molecular weight is 2050 g/mol. The number of H-pyrrole nitrogens is 2. The van der Waals surface area contributed by atoms with Crippen molar-refractivity contribution in [2.24, 2.45) is 5.73 Å². The number of nitrogens with one attached hydrogen (secondary N) is 3. The molecule has 614 valence electrons. The second kappa shape index (κ2) is 48.7. The molecule has 0 bridgehead atoms. The molecule has 0 saturated carbocycles. The van der Waals surface area contributed by atoms with Crippen LogP contribution in [0.2, 0.25) is 20.1 Å². The Kier molecular flexibility index (Phi) is 38.6. The fourth-order valence-corrected chi connectivity index (χ4v) is 18.4. The Morgan fingerprint density at radius 2 is 0.924 bits per heavy atom. The number of benzene rings is 4. The number of rotatable bonds is 15. The molecule has 13 heterocycles. The Bertz CT molecular complexity index is 5460. The lowest BCUT2D eigenvalue weighted by atomic mass is 10.0. The van der Waals surface area contributed by atoms with E-state index in [4.69, 9.17) is 76.6 Å². The number of allylic oxidation sites excluding steroid dienone is 1. The molecule has 2 fully saturated rings. The number of aliphatic hydroxyl groups is 1. The van der Waals surface area contributed by atoms with Crippen LogP contribution in [-0.2, 0) is 14.2 Å². The molecule has 10 aromatic heterocycles. The van der Waals surface area contributed by atoms with Gasteiger partial charge < -0.3 is 35.5 Å². The van der Waals surface area contributed by atoms with Crippen molar-refractivity contribution in [2.75, 3.05) is 34.0 Å². The van der Waals surface area contributed by atoms with Gasteiger partial charge in [-0.25, -0.2) is 34.1 Å². The quantitative estimate of drug-likeness (QED) is 0.0519. The zero-order valence-electron chi connectivity index (χ0n) is 62.1. The molecule has 0 radical (unpaired) electrons. The number of carbonyl (C=O) groups is 6. The number of ketones is 3. The highest BCUT2D eigenvalue weighted by Gasteiger charge is 2.26. The number of hydrogen-bond donors (Lipinski definition) is 6. The summed E-state index contributed by atoms with van der Waals surface area (Å²) < 4.78 is 23.2. The normalized spacial score (nSPS) is 13.6. The first-order valence-electron chi connectivity index (χ1n) is 35.2. The third-order valence-electron chi connectivity index (χ3n) is 16.1. The SMILES string of the molecule is Brc1ccsc1-c1ncn[nH]1.C1=COCCC1.CNC(=O)c1ccc(Cl)cc1.CO.NC(=O)c1sccc1Br.O=C(O)c1sccc1Br.O=C(c1ccc(Cl)cc1)c1cc(Br)sc1-c1ncn(C2CCCCO2)n1.O=C(c1ccc(Cl)cc1)c1ccsc1-c1ncn(C2CCCCO2)n1.O=C(c1ccc(Cl)cc1)c1ccsc1-c1ncn[nH]1. The molecule has 2 unspecified atom stereocenters. The topological polar surface area (TPSA) is 353 Å². The maximum atomic E-state index is 12.9. The van der Waals surface area contributed by atoms with Gasteiger partial charge >= 0.3 is 5.97 Å². The van der Waals surface area contributed by atoms with E-state index in [0.29, 0.717) is 90.7 Å². The van der Waals surface area contributed by atoms with Crippen molar-refractivity contribution >= 4 is 213 Å². The van der Waals surface area contributed by atoms with Gasteiger partial charge in [0.05, 0.1) is 36.2 Å². The molecule has 0 aliphatic carbocycles. The Morgan fingerprint density at radius 3 is 1.29 bits per heavy atom. The second-order valence-corrected chi connectivity index (χ2v) is 35.3. The Hall–Kier alpha value is -8.44. The molecule has 2 atom stereocenters. The lowest BCUT2D eigenvalue weighted by Crippen LogP contribution is -2.18. The van der Waals surface area contributed by atoms with Gasteiger partial charge in [0.2, 0.25) is 0 Å². The zero-order valence-corrected chi connectivity index (χ0v) is 76.3. The molecule has 39 heteroatoms. The Morgan fingerprint density at radius 1 is 0.500 bits per heavy atom. The molecular formula is C79H70Br4Cl4N14O11S6. The molecule has 2 saturated heterocycles.